The Labute approximate surface area is 109 Å². The average Bonchev–Trinajstić information content (AvgIpc) is 2.28. The molecular formula is C15H22N2O. The SMILES string of the molecule is CC(=O)Nc1ccccc1CNCCC1CCC1. The van der Waals surface area contributed by atoms with Gasteiger partial charge in [-0.05, 0) is 30.5 Å². The summed E-state index contributed by atoms with van der Waals surface area (Å²) in [6.07, 6.45) is 5.51. The molecule has 3 nitrogen and oxygen atoms in total. The maximum Gasteiger partial charge on any atom is 0.221 e. The largest absolute Gasteiger partial charge is 0.326 e. The van der Waals surface area contributed by atoms with Crippen molar-refractivity contribution >= 4 is 11.6 Å². The lowest BCUT2D eigenvalue weighted by molar-refractivity contribution is -0.114. The van der Waals surface area contributed by atoms with Crippen LogP contribution >= 0.6 is 0 Å². The molecule has 0 heterocycles. The van der Waals surface area contributed by atoms with E-state index >= 15 is 0 Å². The van der Waals surface area contributed by atoms with Gasteiger partial charge in [0.15, 0.2) is 0 Å². The van der Waals surface area contributed by atoms with Crippen LogP contribution in [0, 0.1) is 5.92 Å². The van der Waals surface area contributed by atoms with Crippen molar-refractivity contribution in [3.63, 3.8) is 0 Å². The average molecular weight is 246 g/mol. The Kier molecular flexibility index (Phi) is 4.76. The first kappa shape index (κ1) is 13.1. The minimum atomic E-state index is -0.0167. The summed E-state index contributed by atoms with van der Waals surface area (Å²) in [5, 5.41) is 6.33. The van der Waals surface area contributed by atoms with Crippen LogP contribution in [0.25, 0.3) is 0 Å². The van der Waals surface area contributed by atoms with Crippen LogP contribution in [-0.2, 0) is 11.3 Å². The van der Waals surface area contributed by atoms with Crippen molar-refractivity contribution in [1.82, 2.24) is 5.32 Å². The zero-order chi connectivity index (χ0) is 12.8. The molecule has 0 aliphatic heterocycles. The summed E-state index contributed by atoms with van der Waals surface area (Å²) >= 11 is 0. The monoisotopic (exact) mass is 246 g/mol. The quantitative estimate of drug-likeness (QED) is 0.758. The molecule has 2 rings (SSSR count). The van der Waals surface area contributed by atoms with Crippen molar-refractivity contribution in [2.75, 3.05) is 11.9 Å². The third kappa shape index (κ3) is 3.84. The van der Waals surface area contributed by atoms with Crippen LogP contribution in [0.15, 0.2) is 24.3 Å². The van der Waals surface area contributed by atoms with Gasteiger partial charge in [-0.2, -0.15) is 0 Å². The Balaban J connectivity index is 1.78. The second-order valence-corrected chi connectivity index (χ2v) is 5.10. The van der Waals surface area contributed by atoms with Gasteiger partial charge in [-0.25, -0.2) is 0 Å². The molecule has 98 valence electrons. The molecule has 2 N–H and O–H groups in total. The molecule has 0 atom stereocenters. The molecule has 0 spiro atoms. The Bertz CT molecular complexity index is 399. The van der Waals surface area contributed by atoms with Crippen LogP contribution in [0.3, 0.4) is 0 Å². The fraction of sp³-hybridized carbons (Fsp3) is 0.533. The van der Waals surface area contributed by atoms with Gasteiger partial charge in [0.05, 0.1) is 0 Å². The maximum absolute atomic E-state index is 11.1. The van der Waals surface area contributed by atoms with E-state index in [0.29, 0.717) is 0 Å². The molecule has 1 aliphatic rings. The minimum Gasteiger partial charge on any atom is -0.326 e. The summed E-state index contributed by atoms with van der Waals surface area (Å²) < 4.78 is 0. The fourth-order valence-electron chi connectivity index (χ4n) is 2.30. The van der Waals surface area contributed by atoms with Gasteiger partial charge in [0, 0.05) is 19.2 Å². The van der Waals surface area contributed by atoms with Crippen LogP contribution in [-0.4, -0.2) is 12.5 Å². The second-order valence-electron chi connectivity index (χ2n) is 5.10. The number of carbonyl (C=O) groups is 1. The van der Waals surface area contributed by atoms with E-state index in [1.807, 2.05) is 18.2 Å². The van der Waals surface area contributed by atoms with E-state index in [1.54, 1.807) is 6.92 Å². The maximum atomic E-state index is 11.1. The number of hydrogen-bond donors (Lipinski definition) is 2. The van der Waals surface area contributed by atoms with Gasteiger partial charge in [0.2, 0.25) is 5.91 Å². The van der Waals surface area contributed by atoms with Crippen LogP contribution in [0.1, 0.15) is 38.2 Å². The van der Waals surface area contributed by atoms with Gasteiger partial charge in [0.1, 0.15) is 0 Å². The van der Waals surface area contributed by atoms with Crippen molar-refractivity contribution in [2.45, 2.75) is 39.2 Å². The zero-order valence-corrected chi connectivity index (χ0v) is 11.0. The molecular weight excluding hydrogens is 224 g/mol. The summed E-state index contributed by atoms with van der Waals surface area (Å²) in [6.45, 7) is 3.43. The molecule has 1 fully saturated rings. The summed E-state index contributed by atoms with van der Waals surface area (Å²) in [4.78, 5) is 11.1. The summed E-state index contributed by atoms with van der Waals surface area (Å²) in [6, 6.07) is 7.96. The van der Waals surface area contributed by atoms with E-state index in [-0.39, 0.29) is 5.91 Å². The summed E-state index contributed by atoms with van der Waals surface area (Å²) in [7, 11) is 0. The van der Waals surface area contributed by atoms with Crippen molar-refractivity contribution in [1.29, 1.82) is 0 Å². The lowest BCUT2D eigenvalue weighted by atomic mass is 9.83. The number of rotatable bonds is 6. The highest BCUT2D eigenvalue weighted by Crippen LogP contribution is 2.28. The molecule has 0 radical (unpaired) electrons. The number of amides is 1. The highest BCUT2D eigenvalue weighted by Gasteiger charge is 2.16. The predicted molar refractivity (Wildman–Crippen MR) is 74.4 cm³/mol. The Morgan fingerprint density at radius 1 is 1.33 bits per heavy atom. The van der Waals surface area contributed by atoms with Gasteiger partial charge in [0.25, 0.3) is 0 Å². The third-order valence-electron chi connectivity index (χ3n) is 3.60. The van der Waals surface area contributed by atoms with Crippen LogP contribution in [0.5, 0.6) is 0 Å². The molecule has 1 aromatic rings. The van der Waals surface area contributed by atoms with E-state index in [2.05, 4.69) is 16.7 Å². The van der Waals surface area contributed by atoms with Gasteiger partial charge in [-0.1, -0.05) is 37.5 Å². The first-order chi connectivity index (χ1) is 8.75. The fourth-order valence-corrected chi connectivity index (χ4v) is 2.30. The number of para-hydroxylation sites is 1. The van der Waals surface area contributed by atoms with Crippen LogP contribution in [0.2, 0.25) is 0 Å². The van der Waals surface area contributed by atoms with E-state index in [1.165, 1.54) is 25.7 Å². The molecule has 1 aromatic carbocycles. The van der Waals surface area contributed by atoms with E-state index in [4.69, 9.17) is 0 Å². The van der Waals surface area contributed by atoms with E-state index < -0.39 is 0 Å². The summed E-state index contributed by atoms with van der Waals surface area (Å²) in [5.41, 5.74) is 2.07. The lowest BCUT2D eigenvalue weighted by Crippen LogP contribution is -2.21. The third-order valence-corrected chi connectivity index (χ3v) is 3.60. The van der Waals surface area contributed by atoms with Gasteiger partial charge < -0.3 is 10.6 Å². The van der Waals surface area contributed by atoms with Crippen molar-refractivity contribution < 1.29 is 4.79 Å². The smallest absolute Gasteiger partial charge is 0.221 e. The minimum absolute atomic E-state index is 0.0167. The molecule has 1 amide bonds. The number of nitrogens with one attached hydrogen (secondary N) is 2. The first-order valence-corrected chi connectivity index (χ1v) is 6.82. The molecule has 0 bridgehead atoms. The molecule has 1 aliphatic carbocycles. The van der Waals surface area contributed by atoms with Gasteiger partial charge in [-0.3, -0.25) is 4.79 Å². The standard InChI is InChI=1S/C15H22N2O/c1-12(18)17-15-8-3-2-7-14(15)11-16-10-9-13-5-4-6-13/h2-3,7-8,13,16H,4-6,9-11H2,1H3,(H,17,18). The highest BCUT2D eigenvalue weighted by atomic mass is 16.1. The van der Waals surface area contributed by atoms with E-state index in [0.717, 1.165) is 30.3 Å². The predicted octanol–water partition coefficient (Wildman–Crippen LogP) is 2.92. The molecule has 18 heavy (non-hydrogen) atoms. The van der Waals surface area contributed by atoms with Crippen LogP contribution in [0.4, 0.5) is 5.69 Å². The molecule has 3 heteroatoms. The van der Waals surface area contributed by atoms with Crippen LogP contribution < -0.4 is 10.6 Å². The number of carbonyl (C=O) groups excluding carboxylic acids is 1. The van der Waals surface area contributed by atoms with Crippen molar-refractivity contribution in [3.8, 4) is 0 Å². The molecule has 1 saturated carbocycles. The second kappa shape index (κ2) is 6.55. The number of benzene rings is 1. The van der Waals surface area contributed by atoms with Gasteiger partial charge >= 0.3 is 0 Å². The summed E-state index contributed by atoms with van der Waals surface area (Å²) in [5.74, 6) is 0.931. The van der Waals surface area contributed by atoms with Crippen molar-refractivity contribution in [3.05, 3.63) is 29.8 Å². The van der Waals surface area contributed by atoms with Gasteiger partial charge in [-0.15, -0.1) is 0 Å². The Hall–Kier alpha value is -1.35. The molecule has 0 aromatic heterocycles. The molecule has 0 unspecified atom stereocenters. The zero-order valence-electron chi connectivity index (χ0n) is 11.0. The Morgan fingerprint density at radius 3 is 2.78 bits per heavy atom. The topological polar surface area (TPSA) is 41.1 Å². The number of hydrogen-bond acceptors (Lipinski definition) is 2. The first-order valence-electron chi connectivity index (χ1n) is 6.82. The van der Waals surface area contributed by atoms with Crippen molar-refractivity contribution in [2.24, 2.45) is 5.92 Å². The normalized spacial score (nSPS) is 15.2. The molecule has 0 saturated heterocycles. The lowest BCUT2D eigenvalue weighted by Gasteiger charge is -2.25. The Morgan fingerprint density at radius 2 is 2.11 bits per heavy atom. The van der Waals surface area contributed by atoms with E-state index in [9.17, 15) is 4.79 Å². The highest BCUT2D eigenvalue weighted by molar-refractivity contribution is 5.89. The number of anilines is 1.